The first-order chi connectivity index (χ1) is 31.7. The molecule has 64 heavy (non-hydrogen) atoms. The summed E-state index contributed by atoms with van der Waals surface area (Å²) < 4.78 is 2.55. The number of aromatic nitrogens is 8. The van der Waals surface area contributed by atoms with Gasteiger partial charge in [0, 0.05) is 38.9 Å². The first kappa shape index (κ1) is 37.2. The molecule has 1 aliphatic rings. The topological polar surface area (TPSA) is 95.2 Å². The summed E-state index contributed by atoms with van der Waals surface area (Å²) in [4.78, 5) is 35.4. The Morgan fingerprint density at radius 3 is 1.02 bits per heavy atom. The average Bonchev–Trinajstić information content (AvgIpc) is 3.91. The zero-order chi connectivity index (χ0) is 42.5. The molecule has 0 amide bonds. The van der Waals surface area contributed by atoms with Crippen LogP contribution in [0.5, 0.6) is 0 Å². The van der Waals surface area contributed by atoms with Crippen molar-refractivity contribution in [2.24, 2.45) is 0 Å². The number of hydrogen-bond acceptors (Lipinski definition) is 7. The van der Waals surface area contributed by atoms with E-state index < -0.39 is 8.24 Å². The van der Waals surface area contributed by atoms with Gasteiger partial charge in [-0.25, -0.2) is 34.9 Å². The lowest BCUT2D eigenvalue weighted by atomic mass is 10.1. The van der Waals surface area contributed by atoms with Crippen molar-refractivity contribution in [3.05, 3.63) is 218 Å². The van der Waals surface area contributed by atoms with Gasteiger partial charge in [-0.3, -0.25) is 0 Å². The third kappa shape index (κ3) is 6.25. The number of imidazole rings is 1. The molecule has 8 aromatic carbocycles. The van der Waals surface area contributed by atoms with Crippen LogP contribution in [0.25, 0.3) is 90.7 Å². The van der Waals surface area contributed by atoms with Gasteiger partial charge < -0.3 is 4.23 Å². The second-order valence-electron chi connectivity index (χ2n) is 15.7. The third-order valence-electron chi connectivity index (χ3n) is 12.0. The molecule has 0 radical (unpaired) electrons. The van der Waals surface area contributed by atoms with Gasteiger partial charge in [-0.2, -0.15) is 0 Å². The van der Waals surface area contributed by atoms with Gasteiger partial charge in [-0.05, 0) is 27.7 Å². The molecule has 4 heterocycles. The van der Waals surface area contributed by atoms with E-state index in [1.807, 2.05) is 121 Å². The maximum absolute atomic E-state index is 5.31. The molecule has 0 saturated heterocycles. The maximum Gasteiger partial charge on any atom is 0.259 e. The van der Waals surface area contributed by atoms with E-state index in [0.29, 0.717) is 34.9 Å². The minimum absolute atomic E-state index is 0.613. The van der Waals surface area contributed by atoms with Gasteiger partial charge in [0.05, 0.1) is 11.0 Å². The van der Waals surface area contributed by atoms with E-state index in [0.717, 1.165) is 55.8 Å². The molecular weight excluding hydrogens is 801 g/mol. The maximum atomic E-state index is 5.31. The molecular formula is C55H36N8Si. The SMILES string of the molecule is c1ccc(-c2nc(-c3ccccc3)nc(-c3ccc([Si]4(c5ccc(-c6nc(-c7ccccc7)nc(-c7ccccc7)n6)cc5)c5ccccc5-c5nc6ccccc6n54)cc3)n2)cc1. The van der Waals surface area contributed by atoms with Gasteiger partial charge in [-0.15, -0.1) is 0 Å². The van der Waals surface area contributed by atoms with Crippen LogP contribution >= 0.6 is 0 Å². The smallest absolute Gasteiger partial charge is 0.259 e. The van der Waals surface area contributed by atoms with Crippen molar-refractivity contribution in [2.75, 3.05) is 0 Å². The number of fused-ring (bicyclic) bond motifs is 5. The Hall–Kier alpha value is -8.53. The van der Waals surface area contributed by atoms with E-state index in [1.54, 1.807) is 0 Å². The number of benzene rings is 8. The van der Waals surface area contributed by atoms with Crippen LogP contribution in [0.2, 0.25) is 0 Å². The van der Waals surface area contributed by atoms with Gasteiger partial charge in [0.1, 0.15) is 5.82 Å². The van der Waals surface area contributed by atoms with E-state index >= 15 is 0 Å². The van der Waals surface area contributed by atoms with Crippen LogP contribution in [0, 0.1) is 0 Å². The Bertz CT molecular complexity index is 3190. The summed E-state index contributed by atoms with van der Waals surface area (Å²) in [6, 6.07) is 75.4. The van der Waals surface area contributed by atoms with E-state index in [9.17, 15) is 0 Å². The van der Waals surface area contributed by atoms with Crippen LogP contribution in [-0.2, 0) is 0 Å². The van der Waals surface area contributed by atoms with Gasteiger partial charge in [-0.1, -0.05) is 206 Å². The largest absolute Gasteiger partial charge is 0.339 e. The summed E-state index contributed by atoms with van der Waals surface area (Å²) in [7, 11) is -3.09. The highest BCUT2D eigenvalue weighted by Gasteiger charge is 2.51. The van der Waals surface area contributed by atoms with Crippen molar-refractivity contribution in [1.29, 1.82) is 0 Å². The molecule has 8 nitrogen and oxygen atoms in total. The van der Waals surface area contributed by atoms with Gasteiger partial charge in [0.25, 0.3) is 8.24 Å². The fourth-order valence-corrected chi connectivity index (χ4v) is 14.0. The second-order valence-corrected chi connectivity index (χ2v) is 19.3. The summed E-state index contributed by atoms with van der Waals surface area (Å²) in [5.41, 5.74) is 8.75. The van der Waals surface area contributed by atoms with Crippen LogP contribution in [0.4, 0.5) is 0 Å². The predicted octanol–water partition coefficient (Wildman–Crippen LogP) is 9.90. The minimum Gasteiger partial charge on any atom is -0.339 e. The lowest BCUT2D eigenvalue weighted by molar-refractivity contribution is 1.07. The summed E-state index contributed by atoms with van der Waals surface area (Å²) in [5, 5.41) is 3.69. The highest BCUT2D eigenvalue weighted by molar-refractivity contribution is 7.12. The van der Waals surface area contributed by atoms with Crippen LogP contribution in [0.15, 0.2) is 218 Å². The molecule has 9 heteroatoms. The number of nitrogens with zero attached hydrogens (tertiary/aromatic N) is 8. The van der Waals surface area contributed by atoms with Crippen molar-refractivity contribution in [2.45, 2.75) is 0 Å². The molecule has 0 atom stereocenters. The summed E-state index contributed by atoms with van der Waals surface area (Å²) in [6.07, 6.45) is 0. The number of rotatable bonds is 8. The zero-order valence-corrected chi connectivity index (χ0v) is 35.4. The normalized spacial score (nSPS) is 12.5. The molecule has 0 spiro atoms. The average molecular weight is 837 g/mol. The molecule has 0 fully saturated rings. The van der Waals surface area contributed by atoms with Crippen molar-refractivity contribution in [3.63, 3.8) is 0 Å². The van der Waals surface area contributed by atoms with Crippen LogP contribution in [0.3, 0.4) is 0 Å². The molecule has 0 unspecified atom stereocenters. The van der Waals surface area contributed by atoms with Gasteiger partial charge in [0.2, 0.25) is 0 Å². The fourth-order valence-electron chi connectivity index (χ4n) is 8.99. The lowest BCUT2D eigenvalue weighted by Gasteiger charge is -2.32. The Labute approximate surface area is 370 Å². The van der Waals surface area contributed by atoms with Crippen molar-refractivity contribution >= 4 is 34.8 Å². The Morgan fingerprint density at radius 2 is 0.609 bits per heavy atom. The van der Waals surface area contributed by atoms with Crippen LogP contribution < -0.4 is 15.6 Å². The highest BCUT2D eigenvalue weighted by Crippen LogP contribution is 2.36. The van der Waals surface area contributed by atoms with Crippen LogP contribution in [0.1, 0.15) is 0 Å². The van der Waals surface area contributed by atoms with E-state index in [-0.39, 0.29) is 0 Å². The standard InChI is InChI=1S/C55H36N8Si/c1-5-17-37(18-6-1)49-57-50(38-19-7-2-8-20-38)60-53(59-49)41-29-33-43(34-30-41)64(48-28-16-13-25-45(48)55-56-46-26-14-15-27-47(46)63(55)64)44-35-31-42(32-36-44)54-61-51(39-21-9-3-10-22-39)58-52(62-54)40-23-11-4-12-24-40/h1-36H. The molecule has 0 aliphatic carbocycles. The Morgan fingerprint density at radius 1 is 0.281 bits per heavy atom. The summed E-state index contributed by atoms with van der Waals surface area (Å²) in [6.45, 7) is 0. The van der Waals surface area contributed by atoms with Crippen molar-refractivity contribution in [1.82, 2.24) is 39.1 Å². The molecule has 0 N–H and O–H groups in total. The molecule has 300 valence electrons. The molecule has 12 rings (SSSR count). The van der Waals surface area contributed by atoms with Crippen molar-refractivity contribution in [3.8, 4) is 79.7 Å². The molecule has 3 aromatic heterocycles. The second kappa shape index (κ2) is 15.4. The van der Waals surface area contributed by atoms with Gasteiger partial charge in [0.15, 0.2) is 34.9 Å². The summed E-state index contributed by atoms with van der Waals surface area (Å²) in [5.74, 6) is 4.72. The van der Waals surface area contributed by atoms with Crippen molar-refractivity contribution < 1.29 is 0 Å². The Kier molecular flexibility index (Phi) is 8.98. The molecule has 1 aliphatic heterocycles. The fraction of sp³-hybridized carbons (Fsp3) is 0. The monoisotopic (exact) mass is 836 g/mol. The molecule has 0 saturated carbocycles. The lowest BCUT2D eigenvalue weighted by Crippen LogP contribution is -2.70. The molecule has 11 aromatic rings. The van der Waals surface area contributed by atoms with E-state index in [1.165, 1.54) is 15.6 Å². The zero-order valence-electron chi connectivity index (χ0n) is 34.4. The third-order valence-corrected chi connectivity index (χ3v) is 16.7. The first-order valence-electron chi connectivity index (χ1n) is 21.2. The van der Waals surface area contributed by atoms with Crippen LogP contribution in [-0.4, -0.2) is 47.4 Å². The number of hydrogen-bond donors (Lipinski definition) is 0. The quantitative estimate of drug-likeness (QED) is 0.141. The minimum atomic E-state index is -3.09. The Balaban J connectivity index is 1.03. The number of para-hydroxylation sites is 2. The van der Waals surface area contributed by atoms with E-state index in [2.05, 4.69) is 101 Å². The van der Waals surface area contributed by atoms with Gasteiger partial charge >= 0.3 is 0 Å². The first-order valence-corrected chi connectivity index (χ1v) is 23.2. The summed E-state index contributed by atoms with van der Waals surface area (Å²) >= 11 is 0. The predicted molar refractivity (Wildman–Crippen MR) is 257 cm³/mol. The highest BCUT2D eigenvalue weighted by atomic mass is 28.3. The van der Waals surface area contributed by atoms with E-state index in [4.69, 9.17) is 34.9 Å². The molecule has 0 bridgehead atoms.